The summed E-state index contributed by atoms with van der Waals surface area (Å²) >= 11 is 0. The topological polar surface area (TPSA) is 122 Å². The Bertz CT molecular complexity index is 1380. The second-order valence-corrected chi connectivity index (χ2v) is 6.57. The summed E-state index contributed by atoms with van der Waals surface area (Å²) in [7, 11) is 0. The highest BCUT2D eigenvalue weighted by molar-refractivity contribution is 6.38. The predicted octanol–water partition coefficient (Wildman–Crippen LogP) is 3.47. The third-order valence-electron chi connectivity index (χ3n) is 4.86. The third kappa shape index (κ3) is 2.47. The highest BCUT2D eigenvalue weighted by atomic mass is 19.1. The van der Waals surface area contributed by atoms with E-state index in [2.05, 4.69) is 15.2 Å². The Morgan fingerprint density at radius 1 is 1.07 bits per heavy atom. The molecule has 1 N–H and O–H groups in total. The van der Waals surface area contributed by atoms with Crippen LogP contribution in [0.2, 0.25) is 0 Å². The van der Waals surface area contributed by atoms with Crippen molar-refractivity contribution in [2.45, 2.75) is 0 Å². The first-order valence-electron chi connectivity index (χ1n) is 8.72. The van der Waals surface area contributed by atoms with Gasteiger partial charge < -0.3 is 0 Å². The standard InChI is InChI=1S/C20H10FN5O4/c21-11-6-4-10(5-7-11)17-16-15-14(9-22-18(16)24-23-17)19(27)25(20(15)28)12-2-1-3-13(8-12)26(29)30/h1-9H,(H,22,23,24). The lowest BCUT2D eigenvalue weighted by Crippen LogP contribution is -2.29. The van der Waals surface area contributed by atoms with Crippen LogP contribution in [0, 0.1) is 15.9 Å². The molecule has 3 heterocycles. The summed E-state index contributed by atoms with van der Waals surface area (Å²) in [5.74, 6) is -1.71. The zero-order chi connectivity index (χ0) is 21.0. The summed E-state index contributed by atoms with van der Waals surface area (Å²) in [6.07, 6.45) is 1.25. The molecule has 2 aromatic carbocycles. The highest BCUT2D eigenvalue weighted by Crippen LogP contribution is 2.37. The predicted molar refractivity (Wildman–Crippen MR) is 104 cm³/mol. The number of rotatable bonds is 3. The molecule has 1 aliphatic rings. The first kappa shape index (κ1) is 17.6. The number of hydrogen-bond donors (Lipinski definition) is 1. The van der Waals surface area contributed by atoms with Crippen LogP contribution in [0.25, 0.3) is 22.3 Å². The summed E-state index contributed by atoms with van der Waals surface area (Å²) in [5.41, 5.74) is 1.17. The Hall–Kier alpha value is -4.47. The fourth-order valence-corrected chi connectivity index (χ4v) is 3.50. The molecular weight excluding hydrogens is 393 g/mol. The maximum Gasteiger partial charge on any atom is 0.271 e. The highest BCUT2D eigenvalue weighted by Gasteiger charge is 2.40. The van der Waals surface area contributed by atoms with E-state index in [0.29, 0.717) is 16.6 Å². The summed E-state index contributed by atoms with van der Waals surface area (Å²) in [6, 6.07) is 10.8. The number of amides is 2. The lowest BCUT2D eigenvalue weighted by atomic mass is 10.0. The molecule has 5 rings (SSSR count). The number of anilines is 1. The van der Waals surface area contributed by atoms with E-state index in [-0.39, 0.29) is 28.1 Å². The van der Waals surface area contributed by atoms with E-state index in [4.69, 9.17) is 0 Å². The molecule has 0 aliphatic carbocycles. The van der Waals surface area contributed by atoms with E-state index in [1.165, 1.54) is 48.7 Å². The number of hydrogen-bond acceptors (Lipinski definition) is 6. The summed E-state index contributed by atoms with van der Waals surface area (Å²) in [6.45, 7) is 0. The Kier molecular flexibility index (Phi) is 3.68. The van der Waals surface area contributed by atoms with Gasteiger partial charge in [0.15, 0.2) is 5.65 Å². The molecule has 10 heteroatoms. The number of imide groups is 1. The van der Waals surface area contributed by atoms with Gasteiger partial charge in [0.2, 0.25) is 0 Å². The number of benzene rings is 2. The molecule has 2 amide bonds. The SMILES string of the molecule is O=C1c2cnc3n[nH]c(-c4ccc(F)cc4)c3c2C(=O)N1c1cccc([N+](=O)[O-])c1. The largest absolute Gasteiger partial charge is 0.275 e. The van der Waals surface area contributed by atoms with Crippen LogP contribution >= 0.6 is 0 Å². The molecule has 0 saturated carbocycles. The van der Waals surface area contributed by atoms with Gasteiger partial charge in [0.1, 0.15) is 5.82 Å². The average molecular weight is 403 g/mol. The van der Waals surface area contributed by atoms with E-state index in [1.54, 1.807) is 0 Å². The van der Waals surface area contributed by atoms with Gasteiger partial charge in [-0.25, -0.2) is 14.3 Å². The number of aromatic nitrogens is 3. The van der Waals surface area contributed by atoms with Gasteiger partial charge in [-0.05, 0) is 30.3 Å². The second-order valence-electron chi connectivity index (χ2n) is 6.57. The van der Waals surface area contributed by atoms with E-state index in [0.717, 1.165) is 11.0 Å². The van der Waals surface area contributed by atoms with Crippen LogP contribution in [-0.2, 0) is 0 Å². The Morgan fingerprint density at radius 3 is 2.57 bits per heavy atom. The quantitative estimate of drug-likeness (QED) is 0.317. The molecule has 0 radical (unpaired) electrons. The van der Waals surface area contributed by atoms with Crippen LogP contribution in [-0.4, -0.2) is 31.9 Å². The van der Waals surface area contributed by atoms with Gasteiger partial charge in [0.05, 0.1) is 32.8 Å². The van der Waals surface area contributed by atoms with Gasteiger partial charge in [-0.1, -0.05) is 6.07 Å². The summed E-state index contributed by atoms with van der Waals surface area (Å²) in [4.78, 5) is 41.7. The van der Waals surface area contributed by atoms with E-state index in [9.17, 15) is 24.1 Å². The number of non-ortho nitro benzene ring substituents is 1. The molecule has 30 heavy (non-hydrogen) atoms. The molecule has 2 aromatic heterocycles. The van der Waals surface area contributed by atoms with Crippen molar-refractivity contribution in [2.75, 3.05) is 4.90 Å². The van der Waals surface area contributed by atoms with Crippen LogP contribution in [0.5, 0.6) is 0 Å². The van der Waals surface area contributed by atoms with E-state index in [1.807, 2.05) is 0 Å². The van der Waals surface area contributed by atoms with Crippen LogP contribution < -0.4 is 4.90 Å². The monoisotopic (exact) mass is 403 g/mol. The maximum atomic E-state index is 13.3. The molecule has 1 aliphatic heterocycles. The number of H-pyrrole nitrogens is 1. The molecule has 0 unspecified atom stereocenters. The van der Waals surface area contributed by atoms with Crippen LogP contribution in [0.3, 0.4) is 0 Å². The molecule has 0 bridgehead atoms. The van der Waals surface area contributed by atoms with Crippen molar-refractivity contribution in [3.63, 3.8) is 0 Å². The molecule has 0 spiro atoms. The number of halogens is 1. The van der Waals surface area contributed by atoms with Crippen molar-refractivity contribution in [3.8, 4) is 11.3 Å². The lowest BCUT2D eigenvalue weighted by molar-refractivity contribution is -0.384. The van der Waals surface area contributed by atoms with Crippen LogP contribution in [0.1, 0.15) is 20.7 Å². The summed E-state index contributed by atoms with van der Waals surface area (Å²) < 4.78 is 13.3. The number of nitro groups is 1. The molecule has 4 aromatic rings. The van der Waals surface area contributed by atoms with Gasteiger partial charge >= 0.3 is 0 Å². The minimum absolute atomic E-state index is 0.0590. The van der Waals surface area contributed by atoms with Crippen molar-refractivity contribution in [2.24, 2.45) is 0 Å². The average Bonchev–Trinajstić information content (AvgIpc) is 3.28. The van der Waals surface area contributed by atoms with Crippen molar-refractivity contribution < 1.29 is 18.9 Å². The van der Waals surface area contributed by atoms with Gasteiger partial charge in [0, 0.05) is 23.9 Å². The Balaban J connectivity index is 1.70. The number of carbonyl (C=O) groups excluding carboxylic acids is 2. The lowest BCUT2D eigenvalue weighted by Gasteiger charge is -2.13. The van der Waals surface area contributed by atoms with Crippen LogP contribution in [0.4, 0.5) is 15.8 Å². The molecule has 9 nitrogen and oxygen atoms in total. The minimum atomic E-state index is -0.646. The van der Waals surface area contributed by atoms with Gasteiger partial charge in [-0.2, -0.15) is 5.10 Å². The van der Waals surface area contributed by atoms with Crippen molar-refractivity contribution in [3.05, 3.63) is 81.8 Å². The van der Waals surface area contributed by atoms with Crippen molar-refractivity contribution >= 4 is 34.2 Å². The first-order chi connectivity index (χ1) is 14.5. The van der Waals surface area contributed by atoms with E-state index < -0.39 is 22.6 Å². The molecule has 0 saturated heterocycles. The Labute approximate surface area is 166 Å². The molecule has 0 atom stereocenters. The zero-order valence-electron chi connectivity index (χ0n) is 15.0. The van der Waals surface area contributed by atoms with E-state index >= 15 is 0 Å². The van der Waals surface area contributed by atoms with Crippen molar-refractivity contribution in [1.82, 2.24) is 15.2 Å². The maximum absolute atomic E-state index is 13.3. The smallest absolute Gasteiger partial charge is 0.271 e. The number of pyridine rings is 1. The first-order valence-corrected chi connectivity index (χ1v) is 8.72. The molecule has 0 fully saturated rings. The van der Waals surface area contributed by atoms with Crippen molar-refractivity contribution in [1.29, 1.82) is 0 Å². The zero-order valence-corrected chi connectivity index (χ0v) is 15.0. The van der Waals surface area contributed by atoms with Gasteiger partial charge in [0.25, 0.3) is 17.5 Å². The number of nitrogens with one attached hydrogen (secondary N) is 1. The number of aromatic amines is 1. The fraction of sp³-hybridized carbons (Fsp3) is 0. The number of nitro benzene ring substituents is 1. The third-order valence-corrected chi connectivity index (χ3v) is 4.86. The summed E-state index contributed by atoms with van der Waals surface area (Å²) in [5, 5.41) is 18.3. The number of fused-ring (bicyclic) bond motifs is 3. The van der Waals surface area contributed by atoms with Gasteiger partial charge in [-0.15, -0.1) is 0 Å². The molecule has 146 valence electrons. The number of carbonyl (C=O) groups is 2. The minimum Gasteiger partial charge on any atom is -0.275 e. The second kappa shape index (κ2) is 6.27. The molecular formula is C20H10FN5O4. The fourth-order valence-electron chi connectivity index (χ4n) is 3.50. The Morgan fingerprint density at radius 2 is 1.83 bits per heavy atom. The van der Waals surface area contributed by atoms with Gasteiger partial charge in [-0.3, -0.25) is 24.8 Å². The van der Waals surface area contributed by atoms with Crippen LogP contribution in [0.15, 0.2) is 54.7 Å². The number of nitrogens with zero attached hydrogens (tertiary/aromatic N) is 4. The normalized spacial score (nSPS) is 13.2.